The van der Waals surface area contributed by atoms with E-state index in [4.69, 9.17) is 16.7 Å². The second kappa shape index (κ2) is 6.67. The van der Waals surface area contributed by atoms with Crippen molar-refractivity contribution in [3.05, 3.63) is 0 Å². The molecule has 0 spiro atoms. The highest BCUT2D eigenvalue weighted by Crippen LogP contribution is 2.33. The predicted octanol–water partition coefficient (Wildman–Crippen LogP) is 0.831. The normalized spacial score (nSPS) is 29.4. The zero-order valence-corrected chi connectivity index (χ0v) is 12.4. The molecule has 6 nitrogen and oxygen atoms in total. The second-order valence-electron chi connectivity index (χ2n) is 5.04. The second-order valence-corrected chi connectivity index (χ2v) is 6.58. The van der Waals surface area contributed by atoms with E-state index in [1.165, 1.54) is 0 Å². The predicted molar refractivity (Wildman–Crippen MR) is 76.2 cm³/mol. The number of fused-ring (bicyclic) bond motifs is 1. The van der Waals surface area contributed by atoms with Crippen LogP contribution in [-0.2, 0) is 9.59 Å². The number of rotatable bonds is 7. The van der Waals surface area contributed by atoms with Gasteiger partial charge in [0.25, 0.3) is 0 Å². The highest BCUT2D eigenvalue weighted by atomic mass is 35.5. The summed E-state index contributed by atoms with van der Waals surface area (Å²) < 4.78 is 0. The summed E-state index contributed by atoms with van der Waals surface area (Å²) in [5.74, 6) is -1.95. The molecule has 8 heteroatoms. The molecule has 0 bridgehead atoms. The SMILES string of the molecule is O=C1N[C@H]2[C@H](CS[C@H]2CCCC(C(=O)O)C(=O)CCl)N1. The Hall–Kier alpha value is -0.950. The number of Topliss-reactive ketones (excluding diaryl/α,β-unsaturated/α-hetero) is 1. The van der Waals surface area contributed by atoms with Crippen LogP contribution in [0.5, 0.6) is 0 Å². The Morgan fingerprint density at radius 2 is 2.20 bits per heavy atom. The molecule has 1 unspecified atom stereocenters. The Balaban J connectivity index is 1.79. The minimum Gasteiger partial charge on any atom is -0.481 e. The molecule has 3 N–H and O–H groups in total. The minimum atomic E-state index is -1.11. The number of nitrogens with one attached hydrogen (secondary N) is 2. The van der Waals surface area contributed by atoms with Crippen molar-refractivity contribution in [2.24, 2.45) is 5.92 Å². The summed E-state index contributed by atoms with van der Waals surface area (Å²) in [6.45, 7) is 0. The van der Waals surface area contributed by atoms with Crippen LogP contribution in [0.15, 0.2) is 0 Å². The molecule has 2 aliphatic heterocycles. The molecule has 0 radical (unpaired) electrons. The third-order valence-electron chi connectivity index (χ3n) is 3.74. The molecule has 4 atom stereocenters. The highest BCUT2D eigenvalue weighted by molar-refractivity contribution is 8.00. The quantitative estimate of drug-likeness (QED) is 0.367. The van der Waals surface area contributed by atoms with E-state index in [1.807, 2.05) is 0 Å². The number of carbonyl (C=O) groups is 3. The van der Waals surface area contributed by atoms with Gasteiger partial charge in [-0.2, -0.15) is 11.8 Å². The lowest BCUT2D eigenvalue weighted by Gasteiger charge is -2.17. The van der Waals surface area contributed by atoms with Gasteiger partial charge in [-0.3, -0.25) is 9.59 Å². The Morgan fingerprint density at radius 3 is 2.85 bits per heavy atom. The molecule has 0 saturated carbocycles. The van der Waals surface area contributed by atoms with Crippen molar-refractivity contribution in [1.82, 2.24) is 10.6 Å². The number of urea groups is 1. The number of thioether (sulfide) groups is 1. The Morgan fingerprint density at radius 1 is 1.45 bits per heavy atom. The van der Waals surface area contributed by atoms with Gasteiger partial charge < -0.3 is 15.7 Å². The average molecular weight is 321 g/mol. The summed E-state index contributed by atoms with van der Waals surface area (Å²) in [5.41, 5.74) is 0. The molecule has 2 amide bonds. The van der Waals surface area contributed by atoms with E-state index < -0.39 is 17.7 Å². The first-order valence-electron chi connectivity index (χ1n) is 6.53. The van der Waals surface area contributed by atoms with Crippen LogP contribution >= 0.6 is 23.4 Å². The van der Waals surface area contributed by atoms with Gasteiger partial charge in [0.2, 0.25) is 0 Å². The summed E-state index contributed by atoms with van der Waals surface area (Å²) in [4.78, 5) is 33.7. The standard InChI is InChI=1S/C12H17ClN2O4S/c13-4-8(16)6(11(17)18)2-1-3-9-10-7(5-20-9)14-12(19)15-10/h6-7,9-10H,1-5H2,(H,17,18)(H2,14,15,19)/t6?,7-,9-,10-/m0/s1. The number of hydrogen-bond donors (Lipinski definition) is 3. The monoisotopic (exact) mass is 320 g/mol. The number of carboxylic acid groups (broad SMARTS) is 1. The summed E-state index contributed by atoms with van der Waals surface area (Å²) >= 11 is 7.19. The number of aliphatic carboxylic acids is 1. The van der Waals surface area contributed by atoms with E-state index in [9.17, 15) is 14.4 Å². The van der Waals surface area contributed by atoms with Crippen LogP contribution in [0.2, 0.25) is 0 Å². The van der Waals surface area contributed by atoms with Crippen molar-refractivity contribution in [2.45, 2.75) is 36.6 Å². The molecule has 2 rings (SSSR count). The lowest BCUT2D eigenvalue weighted by molar-refractivity contribution is -0.145. The minimum absolute atomic E-state index is 0.111. The lowest BCUT2D eigenvalue weighted by atomic mass is 9.96. The Kier molecular flexibility index (Phi) is 5.15. The van der Waals surface area contributed by atoms with E-state index in [0.717, 1.165) is 12.2 Å². The first-order valence-corrected chi connectivity index (χ1v) is 8.11. The van der Waals surface area contributed by atoms with Crippen LogP contribution in [0.25, 0.3) is 0 Å². The lowest BCUT2D eigenvalue weighted by Crippen LogP contribution is -2.37. The van der Waals surface area contributed by atoms with Crippen molar-refractivity contribution in [2.75, 3.05) is 11.6 Å². The van der Waals surface area contributed by atoms with Gasteiger partial charge in [0, 0.05) is 11.0 Å². The van der Waals surface area contributed by atoms with Gasteiger partial charge in [-0.15, -0.1) is 11.6 Å². The van der Waals surface area contributed by atoms with Gasteiger partial charge in [0.05, 0.1) is 18.0 Å². The highest BCUT2D eigenvalue weighted by Gasteiger charge is 2.42. The molecule has 2 heterocycles. The molecule has 2 saturated heterocycles. The van der Waals surface area contributed by atoms with Gasteiger partial charge in [-0.1, -0.05) is 6.42 Å². The van der Waals surface area contributed by atoms with Gasteiger partial charge in [-0.05, 0) is 12.8 Å². The summed E-state index contributed by atoms with van der Waals surface area (Å²) in [5, 5.41) is 15.0. The zero-order chi connectivity index (χ0) is 14.7. The van der Waals surface area contributed by atoms with Gasteiger partial charge >= 0.3 is 12.0 Å². The van der Waals surface area contributed by atoms with Crippen molar-refractivity contribution >= 4 is 41.1 Å². The number of carbonyl (C=O) groups excluding carboxylic acids is 2. The average Bonchev–Trinajstić information content (AvgIpc) is 2.93. The number of ketones is 1. The number of carboxylic acids is 1. The fraction of sp³-hybridized carbons (Fsp3) is 0.750. The topological polar surface area (TPSA) is 95.5 Å². The summed E-state index contributed by atoms with van der Waals surface area (Å²) in [7, 11) is 0. The zero-order valence-electron chi connectivity index (χ0n) is 10.8. The summed E-state index contributed by atoms with van der Waals surface area (Å²) in [6.07, 6.45) is 1.72. The van der Waals surface area contributed by atoms with Crippen LogP contribution in [0.1, 0.15) is 19.3 Å². The van der Waals surface area contributed by atoms with Crippen molar-refractivity contribution < 1.29 is 19.5 Å². The first-order chi connectivity index (χ1) is 9.52. The van der Waals surface area contributed by atoms with Crippen LogP contribution < -0.4 is 10.6 Å². The molecule has 0 aromatic carbocycles. The van der Waals surface area contributed by atoms with Gasteiger partial charge in [-0.25, -0.2) is 4.79 Å². The van der Waals surface area contributed by atoms with Gasteiger partial charge in [0.1, 0.15) is 5.92 Å². The Labute approximate surface area is 126 Å². The van der Waals surface area contributed by atoms with E-state index in [0.29, 0.717) is 12.8 Å². The molecule has 20 heavy (non-hydrogen) atoms. The first kappa shape index (κ1) is 15.4. The molecule has 0 aliphatic carbocycles. The van der Waals surface area contributed by atoms with Crippen LogP contribution in [0, 0.1) is 5.92 Å². The van der Waals surface area contributed by atoms with Crippen molar-refractivity contribution in [3.8, 4) is 0 Å². The van der Waals surface area contributed by atoms with Crippen LogP contribution in [0.4, 0.5) is 4.79 Å². The third-order valence-corrected chi connectivity index (χ3v) is 5.51. The van der Waals surface area contributed by atoms with E-state index in [1.54, 1.807) is 11.8 Å². The number of halogens is 1. The fourth-order valence-corrected chi connectivity index (χ4v) is 4.41. The number of amides is 2. The van der Waals surface area contributed by atoms with E-state index >= 15 is 0 Å². The molecule has 0 aromatic heterocycles. The van der Waals surface area contributed by atoms with E-state index in [2.05, 4.69) is 10.6 Å². The van der Waals surface area contributed by atoms with Crippen molar-refractivity contribution in [3.63, 3.8) is 0 Å². The molecule has 2 aliphatic rings. The molecular formula is C12H17ClN2O4S. The number of hydrogen-bond acceptors (Lipinski definition) is 4. The Bertz CT molecular complexity index is 420. The number of alkyl halides is 1. The molecular weight excluding hydrogens is 304 g/mol. The molecule has 0 aromatic rings. The summed E-state index contributed by atoms with van der Waals surface area (Å²) in [6, 6.07) is 0.141. The van der Waals surface area contributed by atoms with Crippen LogP contribution in [-0.4, -0.2) is 51.9 Å². The molecule has 112 valence electrons. The fourth-order valence-electron chi connectivity index (χ4n) is 2.68. The maximum atomic E-state index is 11.4. The largest absolute Gasteiger partial charge is 0.481 e. The van der Waals surface area contributed by atoms with Crippen LogP contribution in [0.3, 0.4) is 0 Å². The smallest absolute Gasteiger partial charge is 0.315 e. The van der Waals surface area contributed by atoms with E-state index in [-0.39, 0.29) is 29.2 Å². The van der Waals surface area contributed by atoms with Crippen molar-refractivity contribution in [1.29, 1.82) is 0 Å². The molecule has 2 fully saturated rings. The maximum Gasteiger partial charge on any atom is 0.315 e. The maximum absolute atomic E-state index is 11.4. The third kappa shape index (κ3) is 3.38. The van der Waals surface area contributed by atoms with Gasteiger partial charge in [0.15, 0.2) is 5.78 Å².